The maximum absolute atomic E-state index is 11.8. The number of rotatable bonds is 5. The second-order valence-electron chi connectivity index (χ2n) is 3.46. The maximum Gasteiger partial charge on any atom is 0.180 e. The van der Waals surface area contributed by atoms with Gasteiger partial charge in [0.05, 0.1) is 19.2 Å². The van der Waals surface area contributed by atoms with Crippen LogP contribution in [0.4, 0.5) is 0 Å². The molecule has 0 radical (unpaired) electrons. The van der Waals surface area contributed by atoms with Gasteiger partial charge in [0, 0.05) is 0 Å². The van der Waals surface area contributed by atoms with Crippen LogP contribution in [-0.2, 0) is 6.42 Å². The van der Waals surface area contributed by atoms with Crippen LogP contribution in [0.5, 0.6) is 11.5 Å². The topological polar surface area (TPSA) is 58.6 Å². The number of hydrogen-bond donors (Lipinski definition) is 2. The van der Waals surface area contributed by atoms with Crippen molar-refractivity contribution >= 4 is 5.78 Å². The summed E-state index contributed by atoms with van der Waals surface area (Å²) in [6.45, 7) is 2.14. The van der Waals surface area contributed by atoms with Crippen LogP contribution in [0.2, 0.25) is 0 Å². The van der Waals surface area contributed by atoms with Crippen molar-refractivity contribution in [2.75, 3.05) is 20.7 Å². The Kier molecular flexibility index (Phi) is 4.31. The minimum atomic E-state index is -0.129. The van der Waals surface area contributed by atoms with Crippen molar-refractivity contribution < 1.29 is 14.6 Å². The van der Waals surface area contributed by atoms with Crippen molar-refractivity contribution in [2.24, 2.45) is 0 Å². The van der Waals surface area contributed by atoms with E-state index in [-0.39, 0.29) is 18.1 Å². The largest absolute Gasteiger partial charge is 0.504 e. The molecule has 0 aromatic heterocycles. The van der Waals surface area contributed by atoms with E-state index in [1.54, 1.807) is 19.2 Å². The molecule has 0 heterocycles. The van der Waals surface area contributed by atoms with Gasteiger partial charge in [0.1, 0.15) is 0 Å². The van der Waals surface area contributed by atoms with Crippen LogP contribution in [0.3, 0.4) is 0 Å². The lowest BCUT2D eigenvalue weighted by atomic mass is 9.99. The van der Waals surface area contributed by atoms with Gasteiger partial charge in [-0.05, 0) is 25.1 Å². The molecule has 4 heteroatoms. The van der Waals surface area contributed by atoms with Crippen molar-refractivity contribution in [3.63, 3.8) is 0 Å². The van der Waals surface area contributed by atoms with Crippen LogP contribution in [0, 0.1) is 0 Å². The van der Waals surface area contributed by atoms with E-state index in [9.17, 15) is 9.90 Å². The monoisotopic (exact) mass is 223 g/mol. The van der Waals surface area contributed by atoms with Crippen LogP contribution >= 0.6 is 0 Å². The lowest BCUT2D eigenvalue weighted by Crippen LogP contribution is -2.20. The van der Waals surface area contributed by atoms with Gasteiger partial charge < -0.3 is 15.2 Å². The maximum atomic E-state index is 11.8. The molecule has 0 saturated carbocycles. The van der Waals surface area contributed by atoms with Gasteiger partial charge in [-0.3, -0.25) is 4.79 Å². The van der Waals surface area contributed by atoms with Crippen molar-refractivity contribution in [1.82, 2.24) is 5.32 Å². The summed E-state index contributed by atoms with van der Waals surface area (Å²) in [6, 6.07) is 3.48. The van der Waals surface area contributed by atoms with E-state index in [4.69, 9.17) is 4.74 Å². The molecule has 0 amide bonds. The van der Waals surface area contributed by atoms with E-state index in [0.717, 1.165) is 5.56 Å². The molecule has 1 rings (SSSR count). The SMILES string of the molecule is CCc1ccc(OC)c(O)c1C(=O)CNC. The molecule has 0 bridgehead atoms. The van der Waals surface area contributed by atoms with Crippen molar-refractivity contribution in [2.45, 2.75) is 13.3 Å². The molecule has 0 spiro atoms. The smallest absolute Gasteiger partial charge is 0.180 e. The number of nitrogens with one attached hydrogen (secondary N) is 1. The normalized spacial score (nSPS) is 10.2. The van der Waals surface area contributed by atoms with Crippen LogP contribution < -0.4 is 10.1 Å². The lowest BCUT2D eigenvalue weighted by Gasteiger charge is -2.12. The number of Topliss-reactive ketones (excluding diaryl/α,β-unsaturated/α-hetero) is 1. The molecule has 88 valence electrons. The molecule has 4 nitrogen and oxygen atoms in total. The van der Waals surface area contributed by atoms with E-state index in [2.05, 4.69) is 5.32 Å². The predicted molar refractivity (Wildman–Crippen MR) is 62.3 cm³/mol. The average molecular weight is 223 g/mol. The van der Waals surface area contributed by atoms with E-state index in [0.29, 0.717) is 17.7 Å². The number of likely N-dealkylation sites (N-methyl/N-ethyl adjacent to an activating group) is 1. The Labute approximate surface area is 95.2 Å². The first-order valence-corrected chi connectivity index (χ1v) is 5.22. The van der Waals surface area contributed by atoms with Crippen molar-refractivity contribution in [3.8, 4) is 11.5 Å². The van der Waals surface area contributed by atoms with Gasteiger partial charge in [0.2, 0.25) is 0 Å². The Morgan fingerprint density at radius 2 is 2.19 bits per heavy atom. The molecule has 0 unspecified atom stereocenters. The van der Waals surface area contributed by atoms with Gasteiger partial charge in [-0.1, -0.05) is 13.0 Å². The standard InChI is InChI=1S/C12H17NO3/c1-4-8-5-6-10(16-3)12(15)11(8)9(14)7-13-2/h5-6,13,15H,4,7H2,1-3H3. The fraction of sp³-hybridized carbons (Fsp3) is 0.417. The Morgan fingerprint density at radius 3 is 2.69 bits per heavy atom. The average Bonchev–Trinajstić information content (AvgIpc) is 2.28. The van der Waals surface area contributed by atoms with Crippen molar-refractivity contribution in [1.29, 1.82) is 0 Å². The summed E-state index contributed by atoms with van der Waals surface area (Å²) in [6.07, 6.45) is 0.697. The Morgan fingerprint density at radius 1 is 1.50 bits per heavy atom. The number of phenolic OH excluding ortho intramolecular Hbond substituents is 1. The molecule has 1 aromatic rings. The Balaban J connectivity index is 3.26. The minimum Gasteiger partial charge on any atom is -0.504 e. The number of carbonyl (C=O) groups is 1. The predicted octanol–water partition coefficient (Wildman–Crippen LogP) is 1.37. The Bertz CT molecular complexity index is 388. The summed E-state index contributed by atoms with van der Waals surface area (Å²) in [7, 11) is 3.16. The highest BCUT2D eigenvalue weighted by Crippen LogP contribution is 2.32. The first kappa shape index (κ1) is 12.5. The highest BCUT2D eigenvalue weighted by atomic mass is 16.5. The molecule has 2 N–H and O–H groups in total. The summed E-state index contributed by atoms with van der Waals surface area (Å²) in [4.78, 5) is 11.8. The molecule has 0 aliphatic carbocycles. The van der Waals surface area contributed by atoms with E-state index in [1.807, 2.05) is 6.92 Å². The zero-order valence-corrected chi connectivity index (χ0v) is 9.83. The molecule has 0 fully saturated rings. The second-order valence-corrected chi connectivity index (χ2v) is 3.46. The molecular weight excluding hydrogens is 206 g/mol. The summed E-state index contributed by atoms with van der Waals surface area (Å²) in [5, 5.41) is 12.7. The van der Waals surface area contributed by atoms with Gasteiger partial charge in [-0.2, -0.15) is 0 Å². The number of phenols is 1. The molecule has 1 aromatic carbocycles. The second kappa shape index (κ2) is 5.51. The van der Waals surface area contributed by atoms with Gasteiger partial charge in [0.15, 0.2) is 17.3 Å². The quantitative estimate of drug-likeness (QED) is 0.740. The number of benzene rings is 1. The number of aromatic hydroxyl groups is 1. The first-order chi connectivity index (χ1) is 7.65. The zero-order valence-electron chi connectivity index (χ0n) is 9.83. The van der Waals surface area contributed by atoms with Crippen LogP contribution in [0.25, 0.3) is 0 Å². The van der Waals surface area contributed by atoms with E-state index >= 15 is 0 Å². The zero-order chi connectivity index (χ0) is 12.1. The summed E-state index contributed by atoms with van der Waals surface area (Å²) >= 11 is 0. The first-order valence-electron chi connectivity index (χ1n) is 5.22. The van der Waals surface area contributed by atoms with E-state index < -0.39 is 0 Å². The van der Waals surface area contributed by atoms with Gasteiger partial charge in [0.25, 0.3) is 0 Å². The van der Waals surface area contributed by atoms with Gasteiger partial charge in [-0.15, -0.1) is 0 Å². The Hall–Kier alpha value is -1.55. The molecule has 16 heavy (non-hydrogen) atoms. The third-order valence-corrected chi connectivity index (χ3v) is 2.44. The van der Waals surface area contributed by atoms with Crippen LogP contribution in [-0.4, -0.2) is 31.6 Å². The summed E-state index contributed by atoms with van der Waals surface area (Å²) < 4.78 is 4.99. The number of methoxy groups -OCH3 is 1. The fourth-order valence-electron chi connectivity index (χ4n) is 1.63. The number of hydrogen-bond acceptors (Lipinski definition) is 4. The minimum absolute atomic E-state index is 0.0675. The number of ether oxygens (including phenoxy) is 1. The van der Waals surface area contributed by atoms with Gasteiger partial charge >= 0.3 is 0 Å². The number of aryl methyl sites for hydroxylation is 1. The summed E-state index contributed by atoms with van der Waals surface area (Å²) in [5.41, 5.74) is 1.19. The van der Waals surface area contributed by atoms with Crippen LogP contribution in [0.1, 0.15) is 22.8 Å². The molecule has 0 aliphatic heterocycles. The third kappa shape index (κ3) is 2.33. The summed E-state index contributed by atoms with van der Waals surface area (Å²) in [5.74, 6) is 0.134. The van der Waals surface area contributed by atoms with Gasteiger partial charge in [-0.25, -0.2) is 0 Å². The van der Waals surface area contributed by atoms with Crippen molar-refractivity contribution in [3.05, 3.63) is 23.3 Å². The molecule has 0 aliphatic rings. The molecule has 0 saturated heterocycles. The van der Waals surface area contributed by atoms with Crippen LogP contribution in [0.15, 0.2) is 12.1 Å². The number of carbonyl (C=O) groups excluding carboxylic acids is 1. The lowest BCUT2D eigenvalue weighted by molar-refractivity contribution is 0.0989. The van der Waals surface area contributed by atoms with E-state index in [1.165, 1.54) is 7.11 Å². The molecular formula is C12H17NO3. The fourth-order valence-corrected chi connectivity index (χ4v) is 1.63. The molecule has 0 atom stereocenters. The highest BCUT2D eigenvalue weighted by molar-refractivity contribution is 6.02. The highest BCUT2D eigenvalue weighted by Gasteiger charge is 2.18. The number of ketones is 1. The third-order valence-electron chi connectivity index (χ3n) is 2.44.